The van der Waals surface area contributed by atoms with Gasteiger partial charge in [-0.1, -0.05) is 11.6 Å². The van der Waals surface area contributed by atoms with Crippen molar-refractivity contribution in [3.05, 3.63) is 15.5 Å². The Morgan fingerprint density at radius 2 is 2.56 bits per heavy atom. The monoisotopic (exact) mass is 163 g/mol. The fraction of sp³-hybridized carbons (Fsp3) is 0. The number of halogens is 1. The molecule has 0 saturated heterocycles. The molecule has 0 aliphatic carbocycles. The minimum Gasteiger partial charge on any atom is -0.476 e. The van der Waals surface area contributed by atoms with Gasteiger partial charge in [0.15, 0.2) is 10.2 Å². The summed E-state index contributed by atoms with van der Waals surface area (Å²) in [6.45, 7) is 0. The zero-order chi connectivity index (χ0) is 6.85. The summed E-state index contributed by atoms with van der Waals surface area (Å²) in [6.07, 6.45) is 0. The molecule has 0 aliphatic rings. The number of hydrogen-bond donors (Lipinski definition) is 1. The smallest absolute Gasteiger partial charge is 0.355 e. The number of carbonyl (C=O) groups is 1. The first-order chi connectivity index (χ1) is 4.20. The molecule has 0 unspecified atom stereocenters. The van der Waals surface area contributed by atoms with Gasteiger partial charge in [-0.15, -0.1) is 11.3 Å². The van der Waals surface area contributed by atoms with Crippen LogP contribution in [0.3, 0.4) is 0 Å². The molecule has 0 radical (unpaired) electrons. The van der Waals surface area contributed by atoms with Crippen molar-refractivity contribution < 1.29 is 9.90 Å². The summed E-state index contributed by atoms with van der Waals surface area (Å²) in [7, 11) is 0. The van der Waals surface area contributed by atoms with Gasteiger partial charge >= 0.3 is 5.97 Å². The van der Waals surface area contributed by atoms with Gasteiger partial charge in [-0.3, -0.25) is 0 Å². The summed E-state index contributed by atoms with van der Waals surface area (Å²) < 4.78 is 0.257. The van der Waals surface area contributed by atoms with E-state index in [0.29, 0.717) is 0 Å². The summed E-state index contributed by atoms with van der Waals surface area (Å²) in [5.41, 5.74) is 0.00463. The van der Waals surface area contributed by atoms with Crippen molar-refractivity contribution in [2.75, 3.05) is 0 Å². The molecule has 48 valence electrons. The highest BCUT2D eigenvalue weighted by molar-refractivity contribution is 7.14. The molecule has 0 bridgehead atoms. The number of carboxylic acid groups (broad SMARTS) is 1. The van der Waals surface area contributed by atoms with Gasteiger partial charge in [0.05, 0.1) is 0 Å². The van der Waals surface area contributed by atoms with Gasteiger partial charge < -0.3 is 5.11 Å². The molecule has 1 N–H and O–H groups in total. The lowest BCUT2D eigenvalue weighted by Crippen LogP contribution is -1.94. The SMILES string of the molecule is O=C(O)c1csc(Cl)n1. The highest BCUT2D eigenvalue weighted by Crippen LogP contribution is 2.14. The van der Waals surface area contributed by atoms with E-state index in [1.165, 1.54) is 5.38 Å². The second-order valence-corrected chi connectivity index (χ2v) is 2.73. The number of hydrogen-bond acceptors (Lipinski definition) is 3. The van der Waals surface area contributed by atoms with Crippen LogP contribution in [0.25, 0.3) is 0 Å². The molecule has 5 heteroatoms. The van der Waals surface area contributed by atoms with Gasteiger partial charge in [-0.05, 0) is 0 Å². The van der Waals surface area contributed by atoms with Crippen LogP contribution in [0.4, 0.5) is 0 Å². The van der Waals surface area contributed by atoms with Gasteiger partial charge in [0.2, 0.25) is 0 Å². The molecule has 1 heterocycles. The van der Waals surface area contributed by atoms with Crippen molar-refractivity contribution in [2.45, 2.75) is 0 Å². The lowest BCUT2D eigenvalue weighted by molar-refractivity contribution is 0.0691. The van der Waals surface area contributed by atoms with Crippen LogP contribution in [0, 0.1) is 0 Å². The Labute approximate surface area is 59.9 Å². The highest BCUT2D eigenvalue weighted by atomic mass is 35.5. The average Bonchev–Trinajstić information content (AvgIpc) is 2.14. The zero-order valence-corrected chi connectivity index (χ0v) is 5.74. The predicted octanol–water partition coefficient (Wildman–Crippen LogP) is 1.49. The van der Waals surface area contributed by atoms with Gasteiger partial charge in [0, 0.05) is 5.38 Å². The van der Waals surface area contributed by atoms with Crippen LogP contribution >= 0.6 is 22.9 Å². The van der Waals surface area contributed by atoms with Gasteiger partial charge in [-0.2, -0.15) is 0 Å². The molecule has 1 rings (SSSR count). The fourth-order valence-corrected chi connectivity index (χ4v) is 1.09. The Kier molecular flexibility index (Phi) is 1.68. The molecule has 0 fully saturated rings. The maximum absolute atomic E-state index is 10.1. The summed E-state index contributed by atoms with van der Waals surface area (Å²) >= 11 is 6.45. The lowest BCUT2D eigenvalue weighted by Gasteiger charge is -1.78. The van der Waals surface area contributed by atoms with Crippen molar-refractivity contribution in [1.82, 2.24) is 4.98 Å². The van der Waals surface area contributed by atoms with Gasteiger partial charge in [0.1, 0.15) is 0 Å². The van der Waals surface area contributed by atoms with Crippen LogP contribution in [-0.4, -0.2) is 16.1 Å². The minimum atomic E-state index is -1.04. The van der Waals surface area contributed by atoms with Crippen LogP contribution in [0.15, 0.2) is 5.38 Å². The van der Waals surface area contributed by atoms with Crippen LogP contribution in [0.5, 0.6) is 0 Å². The second-order valence-electron chi connectivity index (χ2n) is 1.29. The number of carboxylic acids is 1. The van der Waals surface area contributed by atoms with Crippen LogP contribution in [0.1, 0.15) is 10.5 Å². The molecular weight excluding hydrogens is 162 g/mol. The largest absolute Gasteiger partial charge is 0.476 e. The van der Waals surface area contributed by atoms with E-state index in [4.69, 9.17) is 16.7 Å². The molecule has 9 heavy (non-hydrogen) atoms. The predicted molar refractivity (Wildman–Crippen MR) is 34.1 cm³/mol. The first-order valence-electron chi connectivity index (χ1n) is 2.04. The molecule has 0 spiro atoms. The van der Waals surface area contributed by atoms with E-state index in [0.717, 1.165) is 11.3 Å². The topological polar surface area (TPSA) is 50.2 Å². The molecule has 1 aromatic rings. The number of thiazole rings is 1. The lowest BCUT2D eigenvalue weighted by atomic mass is 10.5. The second kappa shape index (κ2) is 2.33. The third-order valence-electron chi connectivity index (χ3n) is 0.695. The number of nitrogens with zero attached hydrogens (tertiary/aromatic N) is 1. The van der Waals surface area contributed by atoms with Crippen molar-refractivity contribution in [3.8, 4) is 0 Å². The van der Waals surface area contributed by atoms with Crippen molar-refractivity contribution in [2.24, 2.45) is 0 Å². The van der Waals surface area contributed by atoms with E-state index in [2.05, 4.69) is 4.98 Å². The van der Waals surface area contributed by atoms with E-state index >= 15 is 0 Å². The maximum Gasteiger partial charge on any atom is 0.355 e. The molecule has 0 saturated carbocycles. The Hall–Kier alpha value is -0.610. The molecule has 0 aliphatic heterocycles. The molecule has 0 aromatic carbocycles. The first-order valence-corrected chi connectivity index (χ1v) is 3.30. The Morgan fingerprint density at radius 1 is 1.89 bits per heavy atom. The third-order valence-corrected chi connectivity index (χ3v) is 1.67. The normalized spacial score (nSPS) is 9.44. The van der Waals surface area contributed by atoms with Crippen molar-refractivity contribution >= 4 is 28.9 Å². The standard InChI is InChI=1S/C4H2ClNO2S/c5-4-6-2(1-9-4)3(7)8/h1H,(H,7,8). The van der Waals surface area contributed by atoms with Gasteiger partial charge in [0.25, 0.3) is 0 Å². The quantitative estimate of drug-likeness (QED) is 0.683. The summed E-state index contributed by atoms with van der Waals surface area (Å²) in [4.78, 5) is 13.6. The van der Waals surface area contributed by atoms with Crippen molar-refractivity contribution in [3.63, 3.8) is 0 Å². The summed E-state index contributed by atoms with van der Waals surface area (Å²) in [5, 5.41) is 9.68. The van der Waals surface area contributed by atoms with E-state index in [1.807, 2.05) is 0 Å². The molecular formula is C4H2ClNO2S. The molecule has 0 amide bonds. The van der Waals surface area contributed by atoms with Crippen LogP contribution in [0.2, 0.25) is 4.47 Å². The number of aromatic carboxylic acids is 1. The highest BCUT2D eigenvalue weighted by Gasteiger charge is 2.05. The summed E-state index contributed by atoms with van der Waals surface area (Å²) in [5.74, 6) is -1.04. The molecule has 0 atom stereocenters. The zero-order valence-electron chi connectivity index (χ0n) is 4.17. The first kappa shape index (κ1) is 6.51. The fourth-order valence-electron chi connectivity index (χ4n) is 0.350. The van der Waals surface area contributed by atoms with Crippen molar-refractivity contribution in [1.29, 1.82) is 0 Å². The van der Waals surface area contributed by atoms with Crippen LogP contribution < -0.4 is 0 Å². The third kappa shape index (κ3) is 1.40. The molecule has 1 aromatic heterocycles. The van der Waals surface area contributed by atoms with Crippen LogP contribution in [-0.2, 0) is 0 Å². The van der Waals surface area contributed by atoms with Gasteiger partial charge in [-0.25, -0.2) is 9.78 Å². The Morgan fingerprint density at radius 3 is 2.78 bits per heavy atom. The minimum absolute atomic E-state index is 0.00463. The molecule has 3 nitrogen and oxygen atoms in total. The Bertz CT molecular complexity index is 234. The Balaban J connectivity index is 2.98. The maximum atomic E-state index is 10.1. The number of aromatic nitrogens is 1. The summed E-state index contributed by atoms with van der Waals surface area (Å²) in [6, 6.07) is 0. The van der Waals surface area contributed by atoms with E-state index < -0.39 is 5.97 Å². The van der Waals surface area contributed by atoms with E-state index in [1.54, 1.807) is 0 Å². The average molecular weight is 164 g/mol. The van der Waals surface area contributed by atoms with E-state index in [9.17, 15) is 4.79 Å². The van der Waals surface area contributed by atoms with E-state index in [-0.39, 0.29) is 10.2 Å². The number of rotatable bonds is 1.